The van der Waals surface area contributed by atoms with Gasteiger partial charge in [-0.2, -0.15) is 0 Å². The van der Waals surface area contributed by atoms with Crippen LogP contribution in [0.5, 0.6) is 0 Å². The van der Waals surface area contributed by atoms with E-state index in [2.05, 4.69) is 0 Å². The third kappa shape index (κ3) is 5.03. The van der Waals surface area contributed by atoms with Crippen LogP contribution in [0.4, 0.5) is 0 Å². The predicted octanol–water partition coefficient (Wildman–Crippen LogP) is 1.09. The number of likely N-dealkylation sites (tertiary alicyclic amines) is 1. The molecule has 29 heavy (non-hydrogen) atoms. The zero-order valence-electron chi connectivity index (χ0n) is 16.0. The van der Waals surface area contributed by atoms with Gasteiger partial charge >= 0.3 is 17.8 Å². The van der Waals surface area contributed by atoms with E-state index in [1.54, 1.807) is 0 Å². The molecule has 3 unspecified atom stereocenters. The van der Waals surface area contributed by atoms with Crippen molar-refractivity contribution in [3.8, 4) is 0 Å². The summed E-state index contributed by atoms with van der Waals surface area (Å²) in [5.41, 5.74) is 1.79. The zero-order chi connectivity index (χ0) is 20.8. The van der Waals surface area contributed by atoms with Gasteiger partial charge < -0.3 is 5.11 Å². The fraction of sp³-hybridized carbons (Fsp3) is 0.304. The minimum Gasteiger partial charge on any atom is -0.481 e. The van der Waals surface area contributed by atoms with E-state index in [0.29, 0.717) is 12.7 Å². The second-order valence-electron chi connectivity index (χ2n) is 7.50. The van der Waals surface area contributed by atoms with Crippen LogP contribution in [0.1, 0.15) is 24.0 Å². The van der Waals surface area contributed by atoms with Crippen molar-refractivity contribution >= 4 is 24.1 Å². The number of carbonyl (C=O) groups is 4. The van der Waals surface area contributed by atoms with Crippen molar-refractivity contribution in [2.24, 2.45) is 11.8 Å². The molecule has 2 N–H and O–H groups in total. The van der Waals surface area contributed by atoms with Crippen LogP contribution in [0.3, 0.4) is 0 Å². The minimum atomic E-state index is -1.04. The summed E-state index contributed by atoms with van der Waals surface area (Å²) in [7, 11) is 0. The number of carboxylic acid groups (broad SMARTS) is 1. The lowest BCUT2D eigenvalue weighted by molar-refractivity contribution is -0.752. The number of hydrogen-bond donors (Lipinski definition) is 2. The van der Waals surface area contributed by atoms with E-state index in [9.17, 15) is 24.3 Å². The molecule has 2 aromatic rings. The van der Waals surface area contributed by atoms with Crippen molar-refractivity contribution in [2.45, 2.75) is 31.7 Å². The summed E-state index contributed by atoms with van der Waals surface area (Å²) in [4.78, 5) is 48.9. The normalized spacial score (nSPS) is 21.0. The van der Waals surface area contributed by atoms with Crippen molar-refractivity contribution in [1.82, 2.24) is 0 Å². The summed E-state index contributed by atoms with van der Waals surface area (Å²) >= 11 is 0. The van der Waals surface area contributed by atoms with E-state index in [0.717, 1.165) is 11.1 Å². The van der Waals surface area contributed by atoms with Crippen LogP contribution >= 0.6 is 0 Å². The highest BCUT2D eigenvalue weighted by Crippen LogP contribution is 2.18. The molecule has 150 valence electrons. The zero-order valence-corrected chi connectivity index (χ0v) is 16.0. The van der Waals surface area contributed by atoms with Gasteiger partial charge in [-0.25, -0.2) is 14.5 Å². The summed E-state index contributed by atoms with van der Waals surface area (Å²) in [6, 6.07) is 17.5. The molecule has 1 fully saturated rings. The average Bonchev–Trinajstić information content (AvgIpc) is 3.00. The molecular formula is C23H24NO5+. The first-order valence-electron chi connectivity index (χ1n) is 9.69. The van der Waals surface area contributed by atoms with Crippen LogP contribution in [0.2, 0.25) is 0 Å². The number of hydrogen-bond acceptors (Lipinski definition) is 4. The number of carboxylic acids is 1. The van der Waals surface area contributed by atoms with Crippen molar-refractivity contribution in [1.29, 1.82) is 0 Å². The van der Waals surface area contributed by atoms with Crippen molar-refractivity contribution in [3.05, 3.63) is 71.8 Å². The Labute approximate surface area is 169 Å². The summed E-state index contributed by atoms with van der Waals surface area (Å²) < 4.78 is 0. The highest BCUT2D eigenvalue weighted by atomic mass is 16.4. The third-order valence-corrected chi connectivity index (χ3v) is 5.44. The first kappa shape index (κ1) is 20.6. The molecule has 1 aliphatic rings. The summed E-state index contributed by atoms with van der Waals surface area (Å²) in [5, 5.41) is 9.61. The summed E-state index contributed by atoms with van der Waals surface area (Å²) in [6.45, 7) is 0. The molecule has 0 spiro atoms. The first-order chi connectivity index (χ1) is 14.0. The maximum atomic E-state index is 12.9. The van der Waals surface area contributed by atoms with E-state index in [1.165, 1.54) is 0 Å². The van der Waals surface area contributed by atoms with E-state index in [1.807, 2.05) is 60.7 Å². The fourth-order valence-electron chi connectivity index (χ4n) is 3.95. The van der Waals surface area contributed by atoms with Gasteiger partial charge in [0, 0.05) is 6.42 Å². The number of aliphatic carboxylic acids is 1. The van der Waals surface area contributed by atoms with Gasteiger partial charge in [-0.15, -0.1) is 0 Å². The highest BCUT2D eigenvalue weighted by molar-refractivity contribution is 5.92. The van der Waals surface area contributed by atoms with Crippen LogP contribution in [-0.4, -0.2) is 35.2 Å². The molecule has 1 heterocycles. The largest absolute Gasteiger partial charge is 0.481 e. The Hall–Kier alpha value is -3.12. The van der Waals surface area contributed by atoms with Gasteiger partial charge in [0.1, 0.15) is 0 Å². The van der Waals surface area contributed by atoms with Gasteiger partial charge in [0.05, 0.1) is 18.3 Å². The molecule has 0 aromatic heterocycles. The lowest BCUT2D eigenvalue weighted by atomic mass is 9.92. The second-order valence-corrected chi connectivity index (χ2v) is 7.50. The number of quaternary nitrogens is 1. The third-order valence-electron chi connectivity index (χ3n) is 5.44. The number of amides is 2. The lowest BCUT2D eigenvalue weighted by Gasteiger charge is -2.20. The van der Waals surface area contributed by atoms with E-state index in [-0.39, 0.29) is 36.0 Å². The molecule has 0 saturated carbocycles. The van der Waals surface area contributed by atoms with E-state index in [4.69, 9.17) is 0 Å². The van der Waals surface area contributed by atoms with Gasteiger partial charge in [0.15, 0.2) is 12.3 Å². The summed E-state index contributed by atoms with van der Waals surface area (Å²) in [5.74, 6) is -3.04. The fourth-order valence-corrected chi connectivity index (χ4v) is 3.95. The Bertz CT molecular complexity index is 881. The summed E-state index contributed by atoms with van der Waals surface area (Å²) in [6.07, 6.45) is 1.25. The lowest BCUT2D eigenvalue weighted by Crippen LogP contribution is -3.19. The van der Waals surface area contributed by atoms with Gasteiger partial charge in [0.2, 0.25) is 0 Å². The molecule has 2 aromatic carbocycles. The van der Waals surface area contributed by atoms with Gasteiger partial charge in [-0.3, -0.25) is 9.59 Å². The van der Waals surface area contributed by atoms with Crippen molar-refractivity contribution in [2.75, 3.05) is 0 Å². The van der Waals surface area contributed by atoms with Gasteiger partial charge in [0.25, 0.3) is 0 Å². The molecule has 0 bridgehead atoms. The number of benzene rings is 2. The van der Waals surface area contributed by atoms with Crippen LogP contribution in [0, 0.1) is 11.8 Å². The molecular weight excluding hydrogens is 370 g/mol. The molecule has 3 rings (SSSR count). The number of carbonyl (C=O) groups excluding carboxylic acids is 3. The number of nitrogens with one attached hydrogen (secondary N) is 1. The smallest absolute Gasteiger partial charge is 0.324 e. The molecule has 4 atom stereocenters. The number of rotatable bonds is 9. The Morgan fingerprint density at radius 2 is 1.62 bits per heavy atom. The standard InChI is InChI=1S/C23H23NO5/c25-15-20(13-19(23(28)29)12-17-9-5-2-6-10-17)24-21(26)14-18(22(24)27)11-16-7-3-1-4-8-16/h1-10,15,18-20H,11-14H2,(H,28,29)/p+1/t18?,19?,20-/m0/s1. The highest BCUT2D eigenvalue weighted by Gasteiger charge is 2.49. The number of imide groups is 1. The topological polar surface area (TPSA) is 92.9 Å². The Morgan fingerprint density at radius 3 is 2.17 bits per heavy atom. The Balaban J connectivity index is 1.72. The molecule has 1 aliphatic heterocycles. The van der Waals surface area contributed by atoms with Crippen LogP contribution in [-0.2, 0) is 32.0 Å². The molecule has 0 radical (unpaired) electrons. The Morgan fingerprint density at radius 1 is 1.03 bits per heavy atom. The van der Waals surface area contributed by atoms with E-state index >= 15 is 0 Å². The van der Waals surface area contributed by atoms with E-state index < -0.39 is 23.8 Å². The first-order valence-corrected chi connectivity index (χ1v) is 9.69. The maximum Gasteiger partial charge on any atom is 0.324 e. The van der Waals surface area contributed by atoms with Gasteiger partial charge in [-0.05, 0) is 24.0 Å². The Kier molecular flexibility index (Phi) is 6.67. The quantitative estimate of drug-likeness (QED) is 0.491. The molecule has 2 amide bonds. The van der Waals surface area contributed by atoms with Gasteiger partial charge in [-0.1, -0.05) is 60.7 Å². The molecule has 6 nitrogen and oxygen atoms in total. The number of aldehydes is 1. The molecule has 1 saturated heterocycles. The van der Waals surface area contributed by atoms with Crippen molar-refractivity contribution in [3.63, 3.8) is 0 Å². The second kappa shape index (κ2) is 9.39. The SMILES string of the molecule is O=C[C@H](CC(Cc1ccccc1)C(=O)O)[NH+]1C(=O)CC(Cc2ccccc2)C1=O. The molecule has 6 heteroatoms. The average molecular weight is 394 g/mol. The van der Waals surface area contributed by atoms with Crippen molar-refractivity contribution < 1.29 is 29.2 Å². The van der Waals surface area contributed by atoms with Crippen LogP contribution in [0.25, 0.3) is 0 Å². The maximum absolute atomic E-state index is 12.9. The van der Waals surface area contributed by atoms with Crippen LogP contribution < -0.4 is 4.90 Å². The molecule has 0 aliphatic carbocycles. The predicted molar refractivity (Wildman–Crippen MR) is 105 cm³/mol. The monoisotopic (exact) mass is 394 g/mol. The van der Waals surface area contributed by atoms with Crippen LogP contribution in [0.15, 0.2) is 60.7 Å². The minimum absolute atomic E-state index is 0.0276.